The highest BCUT2D eigenvalue weighted by Crippen LogP contribution is 2.38. The zero-order valence-corrected chi connectivity index (χ0v) is 11.2. The van der Waals surface area contributed by atoms with Crippen molar-refractivity contribution in [1.29, 1.82) is 0 Å². The quantitative estimate of drug-likeness (QED) is 0.590. The van der Waals surface area contributed by atoms with Crippen molar-refractivity contribution in [3.8, 4) is 0 Å². The molecule has 1 aliphatic heterocycles. The Morgan fingerprint density at radius 3 is 2.52 bits per heavy atom. The van der Waals surface area contributed by atoms with Crippen molar-refractivity contribution in [1.82, 2.24) is 0 Å². The molecule has 0 bridgehead atoms. The third-order valence-corrected chi connectivity index (χ3v) is 3.65. The second-order valence-corrected chi connectivity index (χ2v) is 5.08. The van der Waals surface area contributed by atoms with Gasteiger partial charge in [0.05, 0.1) is 6.42 Å². The number of amides is 1. The van der Waals surface area contributed by atoms with Gasteiger partial charge in [-0.1, -0.05) is 18.2 Å². The van der Waals surface area contributed by atoms with Gasteiger partial charge in [0.15, 0.2) is 11.4 Å². The molecule has 1 heterocycles. The molecule has 0 aliphatic carbocycles. The van der Waals surface area contributed by atoms with Crippen LogP contribution in [0.3, 0.4) is 0 Å². The van der Waals surface area contributed by atoms with E-state index >= 15 is 0 Å². The molecule has 0 saturated carbocycles. The van der Waals surface area contributed by atoms with E-state index < -0.39 is 11.5 Å². The van der Waals surface area contributed by atoms with Crippen molar-refractivity contribution in [2.24, 2.45) is 0 Å². The molecule has 1 amide bonds. The van der Waals surface area contributed by atoms with Gasteiger partial charge in [-0.25, -0.2) is 0 Å². The van der Waals surface area contributed by atoms with E-state index in [9.17, 15) is 14.7 Å². The Hall–Kier alpha value is -2.66. The molecule has 1 aliphatic rings. The fourth-order valence-corrected chi connectivity index (χ4v) is 2.48. The molecule has 0 unspecified atom stereocenters. The SMILES string of the molecule is Nc1ccc(C(=O)C[C@@]2(O)C(=O)Nc3ccccc32)cc1. The molecule has 1 atom stereocenters. The number of aliphatic hydroxyl groups is 1. The van der Waals surface area contributed by atoms with E-state index in [1.54, 1.807) is 48.5 Å². The second-order valence-electron chi connectivity index (χ2n) is 5.08. The molecular formula is C16H14N2O3. The average Bonchev–Trinajstić information content (AvgIpc) is 2.71. The third-order valence-electron chi connectivity index (χ3n) is 3.65. The van der Waals surface area contributed by atoms with Crippen molar-refractivity contribution in [2.45, 2.75) is 12.0 Å². The number of anilines is 2. The van der Waals surface area contributed by atoms with E-state index in [1.807, 2.05) is 0 Å². The predicted molar refractivity (Wildman–Crippen MR) is 78.8 cm³/mol. The summed E-state index contributed by atoms with van der Waals surface area (Å²) < 4.78 is 0. The lowest BCUT2D eigenvalue weighted by Crippen LogP contribution is -2.36. The Morgan fingerprint density at radius 1 is 1.14 bits per heavy atom. The van der Waals surface area contributed by atoms with Crippen LogP contribution >= 0.6 is 0 Å². The van der Waals surface area contributed by atoms with Crippen molar-refractivity contribution in [3.05, 3.63) is 59.7 Å². The van der Waals surface area contributed by atoms with Gasteiger partial charge in [-0.05, 0) is 30.3 Å². The van der Waals surface area contributed by atoms with Gasteiger partial charge in [0.25, 0.3) is 5.91 Å². The summed E-state index contributed by atoms with van der Waals surface area (Å²) in [5.74, 6) is -0.892. The lowest BCUT2D eigenvalue weighted by atomic mass is 9.88. The first kappa shape index (κ1) is 13.3. The molecule has 5 heteroatoms. The Balaban J connectivity index is 1.92. The summed E-state index contributed by atoms with van der Waals surface area (Å²) >= 11 is 0. The lowest BCUT2D eigenvalue weighted by Gasteiger charge is -2.19. The topological polar surface area (TPSA) is 92.4 Å². The average molecular weight is 282 g/mol. The van der Waals surface area contributed by atoms with Crippen molar-refractivity contribution in [3.63, 3.8) is 0 Å². The van der Waals surface area contributed by atoms with Crippen LogP contribution in [0.4, 0.5) is 11.4 Å². The maximum absolute atomic E-state index is 12.3. The number of Topliss-reactive ketones (excluding diaryl/α,β-unsaturated/α-hetero) is 1. The van der Waals surface area contributed by atoms with Crippen LogP contribution in [0.1, 0.15) is 22.3 Å². The molecule has 3 rings (SSSR count). The largest absolute Gasteiger partial charge is 0.399 e. The molecule has 4 N–H and O–H groups in total. The Kier molecular flexibility index (Phi) is 2.99. The first-order valence-electron chi connectivity index (χ1n) is 6.53. The summed E-state index contributed by atoms with van der Waals surface area (Å²) in [5.41, 5.74) is 5.68. The van der Waals surface area contributed by atoms with Gasteiger partial charge < -0.3 is 16.2 Å². The van der Waals surface area contributed by atoms with Gasteiger partial charge >= 0.3 is 0 Å². The maximum Gasteiger partial charge on any atom is 0.261 e. The molecule has 0 spiro atoms. The number of hydrogen-bond donors (Lipinski definition) is 3. The van der Waals surface area contributed by atoms with Crippen LogP contribution in [-0.4, -0.2) is 16.8 Å². The van der Waals surface area contributed by atoms with E-state index in [2.05, 4.69) is 5.32 Å². The first-order valence-corrected chi connectivity index (χ1v) is 6.53. The van der Waals surface area contributed by atoms with Gasteiger partial charge in [-0.15, -0.1) is 0 Å². The van der Waals surface area contributed by atoms with E-state index in [4.69, 9.17) is 5.73 Å². The monoisotopic (exact) mass is 282 g/mol. The minimum absolute atomic E-state index is 0.306. The highest BCUT2D eigenvalue weighted by Gasteiger charge is 2.46. The van der Waals surface area contributed by atoms with Gasteiger partial charge in [-0.2, -0.15) is 0 Å². The third kappa shape index (κ3) is 2.17. The number of nitrogen functional groups attached to an aromatic ring is 1. The highest BCUT2D eigenvalue weighted by molar-refractivity contribution is 6.09. The minimum Gasteiger partial charge on any atom is -0.399 e. The zero-order chi connectivity index (χ0) is 15.0. The van der Waals surface area contributed by atoms with E-state index in [1.165, 1.54) is 0 Å². The van der Waals surface area contributed by atoms with Crippen LogP contribution in [0.2, 0.25) is 0 Å². The Labute approximate surface area is 121 Å². The Bertz CT molecular complexity index is 725. The number of hydrogen-bond acceptors (Lipinski definition) is 4. The van der Waals surface area contributed by atoms with E-state index in [-0.39, 0.29) is 12.2 Å². The summed E-state index contributed by atoms with van der Waals surface area (Å²) in [4.78, 5) is 24.3. The van der Waals surface area contributed by atoms with Crippen molar-refractivity contribution >= 4 is 23.1 Å². The number of carbonyl (C=O) groups is 2. The summed E-state index contributed by atoms with van der Waals surface area (Å²) in [7, 11) is 0. The minimum atomic E-state index is -1.82. The highest BCUT2D eigenvalue weighted by atomic mass is 16.3. The standard InChI is InChI=1S/C16H14N2O3/c17-11-7-5-10(6-8-11)14(19)9-16(21)12-3-1-2-4-13(12)18-15(16)20/h1-8,21H,9,17H2,(H,18,20)/t16-/m0/s1. The van der Waals surface area contributed by atoms with Crippen molar-refractivity contribution in [2.75, 3.05) is 11.1 Å². The number of nitrogens with two attached hydrogens (primary N) is 1. The maximum atomic E-state index is 12.3. The molecule has 21 heavy (non-hydrogen) atoms. The summed E-state index contributed by atoms with van der Waals surface area (Å²) in [5, 5.41) is 13.2. The van der Waals surface area contributed by atoms with Gasteiger partial charge in [-0.3, -0.25) is 9.59 Å². The summed E-state index contributed by atoms with van der Waals surface area (Å²) in [6.45, 7) is 0. The van der Waals surface area contributed by atoms with Gasteiger partial charge in [0, 0.05) is 22.5 Å². The van der Waals surface area contributed by atoms with Crippen molar-refractivity contribution < 1.29 is 14.7 Å². The molecule has 0 aromatic heterocycles. The van der Waals surface area contributed by atoms with Gasteiger partial charge in [0.1, 0.15) is 0 Å². The van der Waals surface area contributed by atoms with E-state index in [0.717, 1.165) is 0 Å². The number of ketones is 1. The Morgan fingerprint density at radius 2 is 1.81 bits per heavy atom. The number of carbonyl (C=O) groups excluding carboxylic acids is 2. The molecule has 0 fully saturated rings. The van der Waals surface area contributed by atoms with Crippen LogP contribution in [0.5, 0.6) is 0 Å². The predicted octanol–water partition coefficient (Wildman–Crippen LogP) is 1.68. The molecule has 2 aromatic rings. The smallest absolute Gasteiger partial charge is 0.261 e. The lowest BCUT2D eigenvalue weighted by molar-refractivity contribution is -0.133. The second kappa shape index (κ2) is 4.71. The molecular weight excluding hydrogens is 268 g/mol. The van der Waals surface area contributed by atoms with Crippen LogP contribution in [0, 0.1) is 0 Å². The first-order chi connectivity index (χ1) is 10.0. The molecule has 0 radical (unpaired) electrons. The fraction of sp³-hybridized carbons (Fsp3) is 0.125. The van der Waals surface area contributed by atoms with Crippen LogP contribution < -0.4 is 11.1 Å². The summed E-state index contributed by atoms with van der Waals surface area (Å²) in [6.07, 6.45) is -0.306. The number of para-hydroxylation sites is 1. The van der Waals surface area contributed by atoms with Gasteiger partial charge in [0.2, 0.25) is 0 Å². The fourth-order valence-electron chi connectivity index (χ4n) is 2.48. The molecule has 2 aromatic carbocycles. The van der Waals surface area contributed by atoms with Crippen LogP contribution in [-0.2, 0) is 10.4 Å². The van der Waals surface area contributed by atoms with Crippen LogP contribution in [0.25, 0.3) is 0 Å². The van der Waals surface area contributed by atoms with Crippen LogP contribution in [0.15, 0.2) is 48.5 Å². The normalized spacial score (nSPS) is 20.0. The molecule has 0 saturated heterocycles. The molecule has 5 nitrogen and oxygen atoms in total. The number of benzene rings is 2. The number of rotatable bonds is 3. The molecule has 106 valence electrons. The summed E-state index contributed by atoms with van der Waals surface area (Å²) in [6, 6.07) is 13.2. The number of nitrogens with one attached hydrogen (secondary N) is 1. The zero-order valence-electron chi connectivity index (χ0n) is 11.2. The number of fused-ring (bicyclic) bond motifs is 1. The van der Waals surface area contributed by atoms with E-state index in [0.29, 0.717) is 22.5 Å².